The molecule has 0 heterocycles. The Balaban J connectivity index is 2.14. The summed E-state index contributed by atoms with van der Waals surface area (Å²) in [6.45, 7) is 0.897. The standard InChI is InChI=1S/C15H14BrIN2O2/c16-10-4-5-14(17)13(8-10)15(20)19-11-2-1-3-12(9-11)21-7-6-18/h1-5,8-9H,6-7,18H2,(H,19,20). The Morgan fingerprint density at radius 2 is 2.10 bits per heavy atom. The Morgan fingerprint density at radius 1 is 1.29 bits per heavy atom. The highest BCUT2D eigenvalue weighted by atomic mass is 127. The van der Waals surface area contributed by atoms with Crippen molar-refractivity contribution in [2.45, 2.75) is 0 Å². The Hall–Kier alpha value is -1.12. The largest absolute Gasteiger partial charge is 0.492 e. The molecule has 2 aromatic rings. The zero-order valence-corrected chi connectivity index (χ0v) is 14.8. The van der Waals surface area contributed by atoms with Gasteiger partial charge in [-0.05, 0) is 52.9 Å². The predicted molar refractivity (Wildman–Crippen MR) is 95.8 cm³/mol. The first-order valence-corrected chi connectivity index (χ1v) is 8.16. The second kappa shape index (κ2) is 7.77. The van der Waals surface area contributed by atoms with Gasteiger partial charge < -0.3 is 15.8 Å². The highest BCUT2D eigenvalue weighted by molar-refractivity contribution is 14.1. The zero-order chi connectivity index (χ0) is 15.2. The molecule has 21 heavy (non-hydrogen) atoms. The number of carbonyl (C=O) groups excluding carboxylic acids is 1. The molecule has 110 valence electrons. The van der Waals surface area contributed by atoms with E-state index in [0.717, 1.165) is 8.04 Å². The molecule has 0 unspecified atom stereocenters. The van der Waals surface area contributed by atoms with Gasteiger partial charge in [0, 0.05) is 26.3 Å². The molecule has 2 aromatic carbocycles. The maximum absolute atomic E-state index is 12.3. The first kappa shape index (κ1) is 16.3. The molecule has 0 fully saturated rings. The van der Waals surface area contributed by atoms with Crippen molar-refractivity contribution in [1.29, 1.82) is 0 Å². The number of benzene rings is 2. The maximum Gasteiger partial charge on any atom is 0.256 e. The van der Waals surface area contributed by atoms with Crippen LogP contribution in [0, 0.1) is 3.57 Å². The molecular weight excluding hydrogens is 447 g/mol. The zero-order valence-electron chi connectivity index (χ0n) is 11.1. The summed E-state index contributed by atoms with van der Waals surface area (Å²) in [4.78, 5) is 12.3. The summed E-state index contributed by atoms with van der Waals surface area (Å²) in [6.07, 6.45) is 0. The highest BCUT2D eigenvalue weighted by Gasteiger charge is 2.11. The lowest BCUT2D eigenvalue weighted by Gasteiger charge is -2.09. The van der Waals surface area contributed by atoms with Crippen LogP contribution in [0.15, 0.2) is 46.9 Å². The molecule has 0 bridgehead atoms. The molecule has 3 N–H and O–H groups in total. The molecule has 0 aliphatic carbocycles. The summed E-state index contributed by atoms with van der Waals surface area (Å²) >= 11 is 5.51. The minimum Gasteiger partial charge on any atom is -0.492 e. The van der Waals surface area contributed by atoms with Crippen LogP contribution >= 0.6 is 38.5 Å². The SMILES string of the molecule is NCCOc1cccc(NC(=O)c2cc(Br)ccc2I)c1. The van der Waals surface area contributed by atoms with E-state index < -0.39 is 0 Å². The lowest BCUT2D eigenvalue weighted by Crippen LogP contribution is -2.14. The number of nitrogens with two attached hydrogens (primary N) is 1. The van der Waals surface area contributed by atoms with Crippen LogP contribution in [-0.2, 0) is 0 Å². The van der Waals surface area contributed by atoms with Gasteiger partial charge in [0.2, 0.25) is 0 Å². The fraction of sp³-hybridized carbons (Fsp3) is 0.133. The Bertz CT molecular complexity index is 649. The molecule has 0 radical (unpaired) electrons. The first-order valence-electron chi connectivity index (χ1n) is 6.29. The van der Waals surface area contributed by atoms with Gasteiger partial charge in [0.1, 0.15) is 12.4 Å². The summed E-state index contributed by atoms with van der Waals surface area (Å²) in [5, 5.41) is 2.87. The van der Waals surface area contributed by atoms with E-state index in [9.17, 15) is 4.79 Å². The van der Waals surface area contributed by atoms with Gasteiger partial charge in [-0.1, -0.05) is 22.0 Å². The van der Waals surface area contributed by atoms with Crippen molar-refractivity contribution >= 4 is 50.1 Å². The number of amides is 1. The van der Waals surface area contributed by atoms with Crippen molar-refractivity contribution in [1.82, 2.24) is 0 Å². The molecule has 0 spiro atoms. The Kier molecular flexibility index (Phi) is 6.01. The van der Waals surface area contributed by atoms with Gasteiger partial charge in [-0.2, -0.15) is 0 Å². The monoisotopic (exact) mass is 460 g/mol. The van der Waals surface area contributed by atoms with Crippen molar-refractivity contribution < 1.29 is 9.53 Å². The molecule has 6 heteroatoms. The second-order valence-electron chi connectivity index (χ2n) is 4.24. The van der Waals surface area contributed by atoms with Crippen molar-refractivity contribution in [3.05, 3.63) is 56.1 Å². The number of nitrogens with one attached hydrogen (secondary N) is 1. The van der Waals surface area contributed by atoms with Crippen molar-refractivity contribution in [3.63, 3.8) is 0 Å². The molecule has 4 nitrogen and oxygen atoms in total. The van der Waals surface area contributed by atoms with Crippen LogP contribution < -0.4 is 15.8 Å². The van der Waals surface area contributed by atoms with Gasteiger partial charge in [0.25, 0.3) is 5.91 Å². The number of carbonyl (C=O) groups is 1. The molecule has 0 saturated carbocycles. The molecule has 2 rings (SSSR count). The van der Waals surface area contributed by atoms with E-state index in [1.54, 1.807) is 12.1 Å². The van der Waals surface area contributed by atoms with Crippen LogP contribution in [0.25, 0.3) is 0 Å². The van der Waals surface area contributed by atoms with E-state index >= 15 is 0 Å². The first-order chi connectivity index (χ1) is 10.1. The molecule has 1 amide bonds. The van der Waals surface area contributed by atoms with Crippen LogP contribution in [0.4, 0.5) is 5.69 Å². The average molecular weight is 461 g/mol. The summed E-state index contributed by atoms with van der Waals surface area (Å²) < 4.78 is 7.20. The molecule has 0 saturated heterocycles. The molecular formula is C15H14BrIN2O2. The van der Waals surface area contributed by atoms with E-state index in [-0.39, 0.29) is 5.91 Å². The Labute approximate surface area is 145 Å². The number of hydrogen-bond acceptors (Lipinski definition) is 3. The van der Waals surface area contributed by atoms with E-state index in [1.807, 2.05) is 30.3 Å². The fourth-order valence-electron chi connectivity index (χ4n) is 1.71. The number of rotatable bonds is 5. The van der Waals surface area contributed by atoms with Crippen LogP contribution in [-0.4, -0.2) is 19.1 Å². The lowest BCUT2D eigenvalue weighted by molar-refractivity contribution is 0.102. The normalized spacial score (nSPS) is 10.2. The summed E-state index contributed by atoms with van der Waals surface area (Å²) in [6, 6.07) is 12.8. The van der Waals surface area contributed by atoms with Crippen LogP contribution in [0.2, 0.25) is 0 Å². The second-order valence-corrected chi connectivity index (χ2v) is 6.32. The van der Waals surface area contributed by atoms with Gasteiger partial charge in [-0.25, -0.2) is 0 Å². The van der Waals surface area contributed by atoms with Gasteiger partial charge in [0.15, 0.2) is 0 Å². The number of halogens is 2. The summed E-state index contributed by atoms with van der Waals surface area (Å²) in [5.41, 5.74) is 6.71. The topological polar surface area (TPSA) is 64.3 Å². The van der Waals surface area contributed by atoms with E-state index in [4.69, 9.17) is 10.5 Å². The minimum absolute atomic E-state index is 0.156. The average Bonchev–Trinajstić information content (AvgIpc) is 2.48. The lowest BCUT2D eigenvalue weighted by atomic mass is 10.2. The molecule has 0 aliphatic rings. The van der Waals surface area contributed by atoms with Crippen molar-refractivity contribution in [2.24, 2.45) is 5.73 Å². The number of hydrogen-bond donors (Lipinski definition) is 2. The highest BCUT2D eigenvalue weighted by Crippen LogP contribution is 2.21. The molecule has 0 aromatic heterocycles. The minimum atomic E-state index is -0.156. The smallest absolute Gasteiger partial charge is 0.256 e. The van der Waals surface area contributed by atoms with Crippen LogP contribution in [0.5, 0.6) is 5.75 Å². The van der Waals surface area contributed by atoms with Crippen LogP contribution in [0.3, 0.4) is 0 Å². The van der Waals surface area contributed by atoms with Gasteiger partial charge >= 0.3 is 0 Å². The number of anilines is 1. The third-order valence-corrected chi connectivity index (χ3v) is 4.09. The van der Waals surface area contributed by atoms with E-state index in [2.05, 4.69) is 43.8 Å². The van der Waals surface area contributed by atoms with Crippen molar-refractivity contribution in [2.75, 3.05) is 18.5 Å². The summed E-state index contributed by atoms with van der Waals surface area (Å²) in [7, 11) is 0. The summed E-state index contributed by atoms with van der Waals surface area (Å²) in [5.74, 6) is 0.527. The van der Waals surface area contributed by atoms with Gasteiger partial charge in [-0.15, -0.1) is 0 Å². The van der Waals surface area contributed by atoms with Crippen LogP contribution in [0.1, 0.15) is 10.4 Å². The number of ether oxygens (including phenoxy) is 1. The van der Waals surface area contributed by atoms with E-state index in [0.29, 0.717) is 30.2 Å². The van der Waals surface area contributed by atoms with Crippen molar-refractivity contribution in [3.8, 4) is 5.75 Å². The maximum atomic E-state index is 12.3. The predicted octanol–water partition coefficient (Wildman–Crippen LogP) is 3.64. The van der Waals surface area contributed by atoms with Gasteiger partial charge in [0.05, 0.1) is 5.56 Å². The Morgan fingerprint density at radius 3 is 2.86 bits per heavy atom. The third kappa shape index (κ3) is 4.69. The van der Waals surface area contributed by atoms with Gasteiger partial charge in [-0.3, -0.25) is 4.79 Å². The molecule has 0 atom stereocenters. The fourth-order valence-corrected chi connectivity index (χ4v) is 2.65. The third-order valence-electron chi connectivity index (χ3n) is 2.65. The van der Waals surface area contributed by atoms with E-state index in [1.165, 1.54) is 0 Å². The molecule has 0 aliphatic heterocycles. The quantitative estimate of drug-likeness (QED) is 0.669.